The summed E-state index contributed by atoms with van der Waals surface area (Å²) in [6.45, 7) is 0. The lowest BCUT2D eigenvalue weighted by Crippen LogP contribution is -2.01. The summed E-state index contributed by atoms with van der Waals surface area (Å²) in [4.78, 5) is 0. The van der Waals surface area contributed by atoms with E-state index in [2.05, 4.69) is 5.92 Å². The van der Waals surface area contributed by atoms with Crippen LogP contribution >= 0.6 is 0 Å². The van der Waals surface area contributed by atoms with Crippen LogP contribution < -0.4 is 0 Å². The number of terminal acetylenes is 1. The molecule has 1 heteroatoms. The Balaban J connectivity index is 2.37. The fraction of sp³-hybridized carbons (Fsp3) is 0.273. The Kier molecular flexibility index (Phi) is 1.44. The van der Waals surface area contributed by atoms with Crippen LogP contribution in [0.5, 0.6) is 0 Å². The summed E-state index contributed by atoms with van der Waals surface area (Å²) in [5.74, 6) is 2.56. The summed E-state index contributed by atoms with van der Waals surface area (Å²) in [5, 5.41) is 0. The number of halogens is 1. The highest BCUT2D eigenvalue weighted by Gasteiger charge is 2.42. The molecular weight excluding hydrogens is 151 g/mol. The lowest BCUT2D eigenvalue weighted by Gasteiger charge is -2.06. The summed E-state index contributed by atoms with van der Waals surface area (Å²) in [5.41, 5.74) is 1.01. The minimum Gasteiger partial charge on any atom is -0.207 e. The number of benzene rings is 1. The van der Waals surface area contributed by atoms with Gasteiger partial charge in [0.1, 0.15) is 5.82 Å². The molecule has 0 bridgehead atoms. The summed E-state index contributed by atoms with van der Waals surface area (Å²) in [6, 6.07) is 6.49. The van der Waals surface area contributed by atoms with Gasteiger partial charge in [-0.2, -0.15) is 0 Å². The predicted molar refractivity (Wildman–Crippen MR) is 46.1 cm³/mol. The molecule has 2 rings (SSSR count). The second-order valence-corrected chi connectivity index (χ2v) is 3.23. The lowest BCUT2D eigenvalue weighted by molar-refractivity contribution is 0.626. The van der Waals surface area contributed by atoms with E-state index in [1.807, 2.05) is 0 Å². The van der Waals surface area contributed by atoms with Gasteiger partial charge in [-0.3, -0.25) is 0 Å². The standard InChI is InChI=1S/C11H9F/c1-2-11(7-8-11)9-3-5-10(12)6-4-9/h1,3-6H,7-8H2. The van der Waals surface area contributed by atoms with Gasteiger partial charge in [0, 0.05) is 0 Å². The molecule has 1 aromatic carbocycles. The van der Waals surface area contributed by atoms with Crippen molar-refractivity contribution in [3.8, 4) is 12.3 Å². The topological polar surface area (TPSA) is 0 Å². The van der Waals surface area contributed by atoms with Crippen LogP contribution in [0, 0.1) is 18.2 Å². The van der Waals surface area contributed by atoms with E-state index in [9.17, 15) is 4.39 Å². The van der Waals surface area contributed by atoms with Crippen LogP contribution in [0.4, 0.5) is 4.39 Å². The van der Waals surface area contributed by atoms with Crippen molar-refractivity contribution in [2.45, 2.75) is 18.3 Å². The van der Waals surface area contributed by atoms with Crippen LogP contribution in [0.1, 0.15) is 18.4 Å². The lowest BCUT2D eigenvalue weighted by atomic mass is 9.97. The third-order valence-corrected chi connectivity index (χ3v) is 2.42. The SMILES string of the molecule is C#CC1(c2ccc(F)cc2)CC1. The maximum Gasteiger partial charge on any atom is 0.123 e. The van der Waals surface area contributed by atoms with E-state index in [-0.39, 0.29) is 11.2 Å². The fourth-order valence-electron chi connectivity index (χ4n) is 1.41. The highest BCUT2D eigenvalue weighted by molar-refractivity contribution is 5.40. The molecule has 0 radical (unpaired) electrons. The first-order chi connectivity index (χ1) is 5.77. The molecule has 1 aliphatic rings. The number of hydrogen-bond donors (Lipinski definition) is 0. The molecule has 0 atom stereocenters. The molecule has 0 spiro atoms. The van der Waals surface area contributed by atoms with Gasteiger partial charge < -0.3 is 0 Å². The molecule has 0 aliphatic heterocycles. The van der Waals surface area contributed by atoms with Crippen LogP contribution in [0.15, 0.2) is 24.3 Å². The summed E-state index contributed by atoms with van der Waals surface area (Å²) in [7, 11) is 0. The van der Waals surface area contributed by atoms with E-state index in [0.717, 1.165) is 18.4 Å². The van der Waals surface area contributed by atoms with Crippen LogP contribution in [0.2, 0.25) is 0 Å². The average molecular weight is 160 g/mol. The minimum atomic E-state index is -0.202. The highest BCUT2D eigenvalue weighted by Crippen LogP contribution is 2.47. The van der Waals surface area contributed by atoms with E-state index >= 15 is 0 Å². The Morgan fingerprint density at radius 2 is 1.83 bits per heavy atom. The monoisotopic (exact) mass is 160 g/mol. The zero-order chi connectivity index (χ0) is 8.60. The molecule has 1 aromatic rings. The zero-order valence-electron chi connectivity index (χ0n) is 6.68. The second-order valence-electron chi connectivity index (χ2n) is 3.23. The quantitative estimate of drug-likeness (QED) is 0.554. The van der Waals surface area contributed by atoms with E-state index < -0.39 is 0 Å². The molecule has 0 N–H and O–H groups in total. The van der Waals surface area contributed by atoms with Crippen molar-refractivity contribution in [1.29, 1.82) is 0 Å². The molecule has 0 aromatic heterocycles. The van der Waals surface area contributed by atoms with Crippen LogP contribution in [0.25, 0.3) is 0 Å². The maximum absolute atomic E-state index is 12.5. The van der Waals surface area contributed by atoms with Crippen molar-refractivity contribution in [1.82, 2.24) is 0 Å². The molecule has 12 heavy (non-hydrogen) atoms. The molecule has 0 saturated heterocycles. The number of hydrogen-bond acceptors (Lipinski definition) is 0. The van der Waals surface area contributed by atoms with Crippen LogP contribution in [-0.4, -0.2) is 0 Å². The van der Waals surface area contributed by atoms with Crippen molar-refractivity contribution >= 4 is 0 Å². The summed E-state index contributed by atoms with van der Waals surface area (Å²) < 4.78 is 12.5. The fourth-order valence-corrected chi connectivity index (χ4v) is 1.41. The zero-order valence-corrected chi connectivity index (χ0v) is 6.68. The molecule has 0 heterocycles. The number of rotatable bonds is 1. The van der Waals surface area contributed by atoms with E-state index in [4.69, 9.17) is 6.42 Å². The predicted octanol–water partition coefficient (Wildman–Crippen LogP) is 2.49. The van der Waals surface area contributed by atoms with Crippen molar-refractivity contribution in [3.63, 3.8) is 0 Å². The van der Waals surface area contributed by atoms with Gasteiger partial charge in [0.2, 0.25) is 0 Å². The first-order valence-corrected chi connectivity index (χ1v) is 4.01. The summed E-state index contributed by atoms with van der Waals surface area (Å²) in [6.07, 6.45) is 7.47. The van der Waals surface area contributed by atoms with E-state index in [0.29, 0.717) is 0 Å². The van der Waals surface area contributed by atoms with E-state index in [1.54, 1.807) is 12.1 Å². The van der Waals surface area contributed by atoms with Gasteiger partial charge >= 0.3 is 0 Å². The molecular formula is C11H9F. The van der Waals surface area contributed by atoms with Gasteiger partial charge in [-0.05, 0) is 30.5 Å². The molecule has 60 valence electrons. The van der Waals surface area contributed by atoms with Crippen LogP contribution in [0.3, 0.4) is 0 Å². The van der Waals surface area contributed by atoms with Crippen molar-refractivity contribution in [2.75, 3.05) is 0 Å². The Morgan fingerprint density at radius 1 is 1.25 bits per heavy atom. The van der Waals surface area contributed by atoms with E-state index in [1.165, 1.54) is 12.1 Å². The smallest absolute Gasteiger partial charge is 0.123 e. The Labute approximate surface area is 71.4 Å². The van der Waals surface area contributed by atoms with Crippen molar-refractivity contribution in [2.24, 2.45) is 0 Å². The summed E-state index contributed by atoms with van der Waals surface area (Å²) >= 11 is 0. The maximum atomic E-state index is 12.5. The normalized spacial score (nSPS) is 18.3. The average Bonchev–Trinajstić information content (AvgIpc) is 2.86. The van der Waals surface area contributed by atoms with Gasteiger partial charge in [-0.25, -0.2) is 4.39 Å². The third kappa shape index (κ3) is 1.00. The van der Waals surface area contributed by atoms with Gasteiger partial charge in [0.05, 0.1) is 5.41 Å². The Morgan fingerprint density at radius 3 is 2.25 bits per heavy atom. The molecule has 0 nitrogen and oxygen atoms in total. The molecule has 1 saturated carbocycles. The molecule has 1 aliphatic carbocycles. The van der Waals surface area contributed by atoms with Gasteiger partial charge in [-0.1, -0.05) is 18.1 Å². The first kappa shape index (κ1) is 7.36. The molecule has 0 unspecified atom stereocenters. The minimum absolute atomic E-state index is 0.0618. The largest absolute Gasteiger partial charge is 0.207 e. The Hall–Kier alpha value is -1.29. The second kappa shape index (κ2) is 2.35. The van der Waals surface area contributed by atoms with Crippen molar-refractivity contribution < 1.29 is 4.39 Å². The van der Waals surface area contributed by atoms with Gasteiger partial charge in [0.25, 0.3) is 0 Å². The first-order valence-electron chi connectivity index (χ1n) is 4.01. The van der Waals surface area contributed by atoms with Crippen LogP contribution in [-0.2, 0) is 5.41 Å². The highest BCUT2D eigenvalue weighted by atomic mass is 19.1. The molecule has 1 fully saturated rings. The third-order valence-electron chi connectivity index (χ3n) is 2.42. The van der Waals surface area contributed by atoms with Crippen molar-refractivity contribution in [3.05, 3.63) is 35.6 Å². The molecule has 0 amide bonds. The Bertz CT molecular complexity index is 325. The van der Waals surface area contributed by atoms with Gasteiger partial charge in [-0.15, -0.1) is 6.42 Å². The van der Waals surface area contributed by atoms with Gasteiger partial charge in [0.15, 0.2) is 0 Å².